The second-order valence-electron chi connectivity index (χ2n) is 4.21. The molecule has 0 heterocycles. The Bertz CT molecular complexity index is 385. The molecule has 2 N–H and O–H groups in total. The zero-order valence-electron chi connectivity index (χ0n) is 8.66. The lowest BCUT2D eigenvalue weighted by atomic mass is 9.96. The number of halogens is 1. The van der Waals surface area contributed by atoms with Crippen molar-refractivity contribution in [2.45, 2.75) is 25.8 Å². The van der Waals surface area contributed by atoms with E-state index in [0.29, 0.717) is 6.42 Å². The van der Waals surface area contributed by atoms with E-state index in [1.54, 1.807) is 6.07 Å². The van der Waals surface area contributed by atoms with E-state index in [0.717, 1.165) is 5.56 Å². The molecule has 0 aromatic heterocycles. The number of nitro groups is 1. The lowest BCUT2D eigenvalue weighted by molar-refractivity contribution is -0.384. The van der Waals surface area contributed by atoms with Gasteiger partial charge in [0.05, 0.1) is 4.92 Å². The lowest BCUT2D eigenvalue weighted by Gasteiger charge is -2.18. The summed E-state index contributed by atoms with van der Waals surface area (Å²) < 4.78 is 0. The molecule has 1 aromatic carbocycles. The highest BCUT2D eigenvalue weighted by Crippen LogP contribution is 2.26. The highest BCUT2D eigenvalue weighted by atomic mass is 35.5. The molecule has 0 aliphatic rings. The topological polar surface area (TPSA) is 69.2 Å². The fraction of sp³-hybridized carbons (Fsp3) is 0.400. The van der Waals surface area contributed by atoms with Crippen LogP contribution in [0.15, 0.2) is 18.2 Å². The van der Waals surface area contributed by atoms with Crippen molar-refractivity contribution < 1.29 is 4.92 Å². The van der Waals surface area contributed by atoms with Crippen molar-refractivity contribution >= 4 is 17.3 Å². The third-order valence-electron chi connectivity index (χ3n) is 1.87. The van der Waals surface area contributed by atoms with E-state index in [1.165, 1.54) is 12.1 Å². The SMILES string of the molecule is CC(C)(N)Cc1ccc(Cl)c([N+](=O)[O-])c1. The number of nitrogens with two attached hydrogens (primary N) is 1. The first-order valence-electron chi connectivity index (χ1n) is 4.51. The van der Waals surface area contributed by atoms with Crippen LogP contribution in [0.4, 0.5) is 5.69 Å². The van der Waals surface area contributed by atoms with Gasteiger partial charge in [-0.3, -0.25) is 10.1 Å². The van der Waals surface area contributed by atoms with Gasteiger partial charge in [0.2, 0.25) is 0 Å². The van der Waals surface area contributed by atoms with Crippen molar-refractivity contribution in [1.82, 2.24) is 0 Å². The van der Waals surface area contributed by atoms with Crippen LogP contribution in [0.25, 0.3) is 0 Å². The van der Waals surface area contributed by atoms with Gasteiger partial charge in [-0.05, 0) is 31.9 Å². The summed E-state index contributed by atoms with van der Waals surface area (Å²) in [6, 6.07) is 4.75. The molecule has 0 saturated carbocycles. The quantitative estimate of drug-likeness (QED) is 0.639. The summed E-state index contributed by atoms with van der Waals surface area (Å²) in [4.78, 5) is 10.1. The minimum Gasteiger partial charge on any atom is -0.325 e. The molecular weight excluding hydrogens is 216 g/mol. The van der Waals surface area contributed by atoms with Crippen molar-refractivity contribution in [3.63, 3.8) is 0 Å². The monoisotopic (exact) mass is 228 g/mol. The maximum atomic E-state index is 10.6. The van der Waals surface area contributed by atoms with E-state index in [1.807, 2.05) is 13.8 Å². The van der Waals surface area contributed by atoms with E-state index >= 15 is 0 Å². The van der Waals surface area contributed by atoms with Crippen LogP contribution in [-0.2, 0) is 6.42 Å². The molecule has 0 aliphatic heterocycles. The van der Waals surface area contributed by atoms with Crippen LogP contribution in [0.3, 0.4) is 0 Å². The number of rotatable bonds is 3. The number of benzene rings is 1. The zero-order chi connectivity index (χ0) is 11.6. The molecule has 0 amide bonds. The Balaban J connectivity index is 3.03. The molecule has 0 bridgehead atoms. The Kier molecular flexibility index (Phi) is 3.31. The van der Waals surface area contributed by atoms with Crippen LogP contribution in [0, 0.1) is 10.1 Å². The van der Waals surface area contributed by atoms with Crippen LogP contribution < -0.4 is 5.73 Å². The molecule has 0 unspecified atom stereocenters. The molecule has 0 radical (unpaired) electrons. The Morgan fingerprint density at radius 1 is 1.53 bits per heavy atom. The van der Waals surface area contributed by atoms with Crippen molar-refractivity contribution in [2.24, 2.45) is 5.73 Å². The normalized spacial score (nSPS) is 11.5. The van der Waals surface area contributed by atoms with Crippen LogP contribution >= 0.6 is 11.6 Å². The minimum atomic E-state index is -0.491. The molecule has 0 spiro atoms. The molecule has 1 aromatic rings. The first-order chi connectivity index (χ1) is 6.79. The molecule has 0 fully saturated rings. The smallest absolute Gasteiger partial charge is 0.288 e. The Labute approximate surface area is 93.2 Å². The number of nitro benzene ring substituents is 1. The minimum absolute atomic E-state index is 0.0709. The van der Waals surface area contributed by atoms with Gasteiger partial charge in [-0.15, -0.1) is 0 Å². The first-order valence-corrected chi connectivity index (χ1v) is 4.89. The van der Waals surface area contributed by atoms with Gasteiger partial charge in [0.1, 0.15) is 5.02 Å². The van der Waals surface area contributed by atoms with E-state index in [-0.39, 0.29) is 16.2 Å². The van der Waals surface area contributed by atoms with E-state index in [9.17, 15) is 10.1 Å². The van der Waals surface area contributed by atoms with Crippen molar-refractivity contribution in [3.05, 3.63) is 38.9 Å². The van der Waals surface area contributed by atoms with Crippen LogP contribution in [-0.4, -0.2) is 10.5 Å². The maximum absolute atomic E-state index is 10.6. The summed E-state index contributed by atoms with van der Waals surface area (Å²) in [6.07, 6.45) is 0.574. The zero-order valence-corrected chi connectivity index (χ0v) is 9.41. The fourth-order valence-corrected chi connectivity index (χ4v) is 1.52. The predicted molar refractivity (Wildman–Crippen MR) is 60.1 cm³/mol. The summed E-state index contributed by atoms with van der Waals surface area (Å²) in [7, 11) is 0. The molecule has 5 heteroatoms. The molecule has 4 nitrogen and oxygen atoms in total. The Morgan fingerprint density at radius 2 is 2.13 bits per heavy atom. The van der Waals surface area contributed by atoms with Gasteiger partial charge in [-0.25, -0.2) is 0 Å². The summed E-state index contributed by atoms with van der Waals surface area (Å²) in [5.74, 6) is 0. The third-order valence-corrected chi connectivity index (χ3v) is 2.19. The van der Waals surface area contributed by atoms with Crippen LogP contribution in [0.2, 0.25) is 5.02 Å². The highest BCUT2D eigenvalue weighted by Gasteiger charge is 2.16. The summed E-state index contributed by atoms with van der Waals surface area (Å²) in [5.41, 5.74) is 6.19. The third kappa shape index (κ3) is 3.49. The van der Waals surface area contributed by atoms with E-state index in [4.69, 9.17) is 17.3 Å². The number of hydrogen-bond donors (Lipinski definition) is 1. The van der Waals surface area contributed by atoms with Crippen LogP contribution in [0.5, 0.6) is 0 Å². The molecule has 0 atom stereocenters. The standard InChI is InChI=1S/C10H13ClN2O2/c1-10(2,12)6-7-3-4-8(11)9(5-7)13(14)15/h3-5H,6,12H2,1-2H3. The van der Waals surface area contributed by atoms with Crippen LogP contribution in [0.1, 0.15) is 19.4 Å². The fourth-order valence-electron chi connectivity index (χ4n) is 1.33. The molecule has 0 aliphatic carbocycles. The van der Waals surface area contributed by atoms with Gasteiger partial charge in [0.25, 0.3) is 5.69 Å². The number of nitrogens with zero attached hydrogens (tertiary/aromatic N) is 1. The molecule has 0 saturated heterocycles. The Hall–Kier alpha value is -1.13. The van der Waals surface area contributed by atoms with Crippen molar-refractivity contribution in [3.8, 4) is 0 Å². The number of hydrogen-bond acceptors (Lipinski definition) is 3. The van der Waals surface area contributed by atoms with Gasteiger partial charge in [-0.1, -0.05) is 17.7 Å². The second kappa shape index (κ2) is 4.16. The largest absolute Gasteiger partial charge is 0.325 e. The van der Waals surface area contributed by atoms with Crippen molar-refractivity contribution in [2.75, 3.05) is 0 Å². The predicted octanol–water partition coefficient (Wildman–Crippen LogP) is 2.53. The maximum Gasteiger partial charge on any atom is 0.288 e. The average molecular weight is 229 g/mol. The van der Waals surface area contributed by atoms with Gasteiger partial charge in [0.15, 0.2) is 0 Å². The van der Waals surface area contributed by atoms with Gasteiger partial charge in [-0.2, -0.15) is 0 Å². The molecular formula is C10H13ClN2O2. The first kappa shape index (κ1) is 11.9. The van der Waals surface area contributed by atoms with E-state index < -0.39 is 4.92 Å². The van der Waals surface area contributed by atoms with Crippen molar-refractivity contribution in [1.29, 1.82) is 0 Å². The summed E-state index contributed by atoms with van der Waals surface area (Å²) >= 11 is 5.69. The van der Waals surface area contributed by atoms with Gasteiger partial charge < -0.3 is 5.73 Å². The summed E-state index contributed by atoms with van der Waals surface area (Å²) in [5, 5.41) is 10.8. The van der Waals surface area contributed by atoms with Gasteiger partial charge in [0, 0.05) is 11.6 Å². The molecule has 1 rings (SSSR count). The average Bonchev–Trinajstić information content (AvgIpc) is 2.05. The highest BCUT2D eigenvalue weighted by molar-refractivity contribution is 6.32. The molecule has 82 valence electrons. The second-order valence-corrected chi connectivity index (χ2v) is 4.62. The van der Waals surface area contributed by atoms with Gasteiger partial charge >= 0.3 is 0 Å². The lowest BCUT2D eigenvalue weighted by Crippen LogP contribution is -2.34. The van der Waals surface area contributed by atoms with E-state index in [2.05, 4.69) is 0 Å². The Morgan fingerprint density at radius 3 is 2.60 bits per heavy atom. The molecule has 15 heavy (non-hydrogen) atoms. The summed E-state index contributed by atoms with van der Waals surface area (Å²) in [6.45, 7) is 3.74.